The molecule has 44 heavy (non-hydrogen) atoms. The van der Waals surface area contributed by atoms with Crippen LogP contribution in [-0.4, -0.2) is 79.1 Å². The molecule has 3 aromatic carbocycles. The third-order valence-electron chi connectivity index (χ3n) is 7.95. The van der Waals surface area contributed by atoms with Crippen LogP contribution in [0.3, 0.4) is 0 Å². The number of carbonyl (C=O) groups excluding carboxylic acids is 1. The van der Waals surface area contributed by atoms with Crippen molar-refractivity contribution in [1.29, 1.82) is 0 Å². The number of benzene rings is 3. The Morgan fingerprint density at radius 3 is 2.36 bits per heavy atom. The first-order valence-electron chi connectivity index (χ1n) is 15.2. The Kier molecular flexibility index (Phi) is 11.2. The van der Waals surface area contributed by atoms with Crippen LogP contribution in [0.2, 0.25) is 0 Å². The van der Waals surface area contributed by atoms with Crippen molar-refractivity contribution in [3.05, 3.63) is 117 Å². The van der Waals surface area contributed by atoms with Crippen molar-refractivity contribution in [2.75, 3.05) is 53.5 Å². The first-order valence-corrected chi connectivity index (χ1v) is 16.0. The topological polar surface area (TPSA) is 58.1 Å². The lowest BCUT2D eigenvalue weighted by Gasteiger charge is -2.33. The van der Waals surface area contributed by atoms with Crippen LogP contribution in [0, 0.1) is 6.92 Å². The van der Waals surface area contributed by atoms with E-state index in [0.29, 0.717) is 12.2 Å². The minimum absolute atomic E-state index is 0.0300. The summed E-state index contributed by atoms with van der Waals surface area (Å²) in [5.41, 5.74) is 5.45. The molecular formula is C36H42N4O3S. The molecule has 4 aromatic rings. The number of carbonyl (C=O) groups is 1. The Hall–Kier alpha value is -3.98. The van der Waals surface area contributed by atoms with Gasteiger partial charge in [-0.05, 0) is 42.2 Å². The highest BCUT2D eigenvalue weighted by molar-refractivity contribution is 7.09. The summed E-state index contributed by atoms with van der Waals surface area (Å²) in [4.78, 5) is 24.9. The molecule has 1 aromatic heterocycles. The van der Waals surface area contributed by atoms with E-state index in [1.165, 1.54) is 22.3 Å². The quantitative estimate of drug-likeness (QED) is 0.180. The van der Waals surface area contributed by atoms with Crippen LogP contribution in [0.25, 0.3) is 6.08 Å². The van der Waals surface area contributed by atoms with Crippen molar-refractivity contribution in [3.8, 4) is 11.5 Å². The molecule has 7 nitrogen and oxygen atoms in total. The molecule has 2 heterocycles. The molecule has 0 saturated carbocycles. The van der Waals surface area contributed by atoms with Gasteiger partial charge < -0.3 is 14.4 Å². The van der Waals surface area contributed by atoms with Crippen molar-refractivity contribution in [2.24, 2.45) is 0 Å². The van der Waals surface area contributed by atoms with Crippen LogP contribution >= 0.6 is 11.3 Å². The Labute approximate surface area is 265 Å². The van der Waals surface area contributed by atoms with Gasteiger partial charge in [0.2, 0.25) is 0 Å². The fraction of sp³-hybridized carbons (Fsp3) is 0.333. The summed E-state index contributed by atoms with van der Waals surface area (Å²) in [5, 5.41) is 2.88. The SMILES string of the molecule is COc1ccc(CCN(Cc2ccc(C)cc2)Cc2nc(C(=O)N3CCN(CC=Cc4ccccc4)CC3)cs2)cc1OC. The van der Waals surface area contributed by atoms with Gasteiger partial charge in [-0.2, -0.15) is 0 Å². The number of hydrogen-bond acceptors (Lipinski definition) is 7. The summed E-state index contributed by atoms with van der Waals surface area (Å²) < 4.78 is 10.9. The minimum atomic E-state index is 0.0300. The molecule has 0 unspecified atom stereocenters. The highest BCUT2D eigenvalue weighted by Gasteiger charge is 2.24. The smallest absolute Gasteiger partial charge is 0.273 e. The lowest BCUT2D eigenvalue weighted by Crippen LogP contribution is -2.48. The van der Waals surface area contributed by atoms with Crippen LogP contribution in [0.5, 0.6) is 11.5 Å². The summed E-state index contributed by atoms with van der Waals surface area (Å²) in [6.07, 6.45) is 5.21. The number of thiazole rings is 1. The van der Waals surface area contributed by atoms with Gasteiger partial charge in [-0.15, -0.1) is 11.3 Å². The second-order valence-electron chi connectivity index (χ2n) is 11.2. The maximum atomic E-state index is 13.4. The number of hydrogen-bond donors (Lipinski definition) is 0. The molecule has 0 bridgehead atoms. The zero-order valence-corrected chi connectivity index (χ0v) is 26.8. The van der Waals surface area contributed by atoms with Crippen LogP contribution in [0.4, 0.5) is 0 Å². The van der Waals surface area contributed by atoms with Gasteiger partial charge in [-0.25, -0.2) is 4.98 Å². The summed E-state index contributed by atoms with van der Waals surface area (Å²) in [6, 6.07) is 25.1. The van der Waals surface area contributed by atoms with Crippen LogP contribution in [-0.2, 0) is 19.5 Å². The van der Waals surface area contributed by atoms with E-state index in [1.54, 1.807) is 25.6 Å². The van der Waals surface area contributed by atoms with Crippen molar-refractivity contribution in [2.45, 2.75) is 26.4 Å². The maximum Gasteiger partial charge on any atom is 0.273 e. The van der Waals surface area contributed by atoms with E-state index >= 15 is 0 Å². The molecule has 1 aliphatic heterocycles. The van der Waals surface area contributed by atoms with E-state index in [4.69, 9.17) is 14.5 Å². The highest BCUT2D eigenvalue weighted by atomic mass is 32.1. The van der Waals surface area contributed by atoms with E-state index < -0.39 is 0 Å². The van der Waals surface area contributed by atoms with Gasteiger partial charge in [0, 0.05) is 51.2 Å². The molecule has 0 radical (unpaired) electrons. The van der Waals surface area contributed by atoms with Gasteiger partial charge in [0.15, 0.2) is 11.5 Å². The second-order valence-corrected chi connectivity index (χ2v) is 12.1. The first kappa shape index (κ1) is 31.4. The fourth-order valence-electron chi connectivity index (χ4n) is 5.36. The molecule has 1 amide bonds. The standard InChI is InChI=1S/C36H42N4O3S/c1-28-11-13-31(14-12-28)25-39(19-17-30-15-16-33(42-2)34(24-30)43-3)26-35-37-32(27-44-35)36(41)40-22-20-38(21-23-40)18-7-10-29-8-5-4-6-9-29/h4-16,24,27H,17-23,25-26H2,1-3H3. The number of rotatable bonds is 13. The summed E-state index contributed by atoms with van der Waals surface area (Å²) >= 11 is 1.57. The van der Waals surface area contributed by atoms with Crippen LogP contribution in [0.15, 0.2) is 84.3 Å². The minimum Gasteiger partial charge on any atom is -0.493 e. The lowest BCUT2D eigenvalue weighted by molar-refractivity contribution is 0.0645. The maximum absolute atomic E-state index is 13.4. The summed E-state index contributed by atoms with van der Waals surface area (Å²) in [6.45, 7) is 8.48. The predicted octanol–water partition coefficient (Wildman–Crippen LogP) is 6.18. The highest BCUT2D eigenvalue weighted by Crippen LogP contribution is 2.28. The number of nitrogens with zero attached hydrogens (tertiary/aromatic N) is 4. The largest absolute Gasteiger partial charge is 0.493 e. The first-order chi connectivity index (χ1) is 21.5. The lowest BCUT2D eigenvalue weighted by atomic mass is 10.1. The van der Waals surface area contributed by atoms with Gasteiger partial charge in [-0.3, -0.25) is 14.6 Å². The predicted molar refractivity (Wildman–Crippen MR) is 178 cm³/mol. The molecule has 1 aliphatic rings. The molecule has 1 fully saturated rings. The van der Waals surface area contributed by atoms with Gasteiger partial charge in [0.05, 0.1) is 20.8 Å². The third kappa shape index (κ3) is 8.78. The molecular weight excluding hydrogens is 568 g/mol. The Morgan fingerprint density at radius 1 is 0.909 bits per heavy atom. The van der Waals surface area contributed by atoms with E-state index in [0.717, 1.165) is 68.7 Å². The van der Waals surface area contributed by atoms with Crippen molar-refractivity contribution >= 4 is 23.3 Å². The molecule has 8 heteroatoms. The van der Waals surface area contributed by atoms with Crippen LogP contribution in [0.1, 0.15) is 37.7 Å². The molecule has 0 spiro atoms. The van der Waals surface area contributed by atoms with Crippen LogP contribution < -0.4 is 9.47 Å². The molecule has 1 saturated heterocycles. The normalized spacial score (nSPS) is 14.0. The average Bonchev–Trinajstić information content (AvgIpc) is 3.53. The van der Waals surface area contributed by atoms with Gasteiger partial charge >= 0.3 is 0 Å². The van der Waals surface area contributed by atoms with Gasteiger partial charge in [0.1, 0.15) is 10.7 Å². The average molecular weight is 611 g/mol. The van der Waals surface area contributed by atoms with Gasteiger partial charge in [0.25, 0.3) is 5.91 Å². The molecule has 5 rings (SSSR count). The number of aryl methyl sites for hydroxylation is 1. The fourth-order valence-corrected chi connectivity index (χ4v) is 6.17. The van der Waals surface area contributed by atoms with E-state index in [-0.39, 0.29) is 5.91 Å². The van der Waals surface area contributed by atoms with Crippen molar-refractivity contribution < 1.29 is 14.3 Å². The second kappa shape index (κ2) is 15.7. The Balaban J connectivity index is 1.18. The van der Waals surface area contributed by atoms with Crippen molar-refractivity contribution in [3.63, 3.8) is 0 Å². The number of ether oxygens (including phenoxy) is 2. The zero-order valence-electron chi connectivity index (χ0n) is 25.9. The Morgan fingerprint density at radius 2 is 1.64 bits per heavy atom. The van der Waals surface area contributed by atoms with E-state index in [9.17, 15) is 4.79 Å². The third-order valence-corrected chi connectivity index (χ3v) is 8.79. The molecule has 0 aliphatic carbocycles. The molecule has 230 valence electrons. The van der Waals surface area contributed by atoms with E-state index in [2.05, 4.69) is 83.5 Å². The molecule has 0 atom stereocenters. The number of amides is 1. The summed E-state index contributed by atoms with van der Waals surface area (Å²) in [5.74, 6) is 1.50. The van der Waals surface area contributed by atoms with Crippen molar-refractivity contribution in [1.82, 2.24) is 19.7 Å². The number of aromatic nitrogens is 1. The number of methoxy groups -OCH3 is 2. The Bertz CT molecular complexity index is 1510. The monoisotopic (exact) mass is 610 g/mol. The number of piperazine rings is 1. The van der Waals surface area contributed by atoms with E-state index in [1.807, 2.05) is 28.5 Å². The molecule has 0 N–H and O–H groups in total. The summed E-state index contributed by atoms with van der Waals surface area (Å²) in [7, 11) is 3.32. The van der Waals surface area contributed by atoms with Gasteiger partial charge in [-0.1, -0.05) is 78.4 Å². The zero-order chi connectivity index (χ0) is 30.7.